The number of ether oxygens (including phenoxy) is 1. The molecule has 0 amide bonds. The van der Waals surface area contributed by atoms with Gasteiger partial charge in [0.25, 0.3) is 0 Å². The van der Waals surface area contributed by atoms with Crippen LogP contribution in [0.3, 0.4) is 0 Å². The molecule has 0 aliphatic heterocycles. The Morgan fingerprint density at radius 1 is 1.06 bits per heavy atom. The topological polar surface area (TPSA) is 94.5 Å². The van der Waals surface area contributed by atoms with Crippen molar-refractivity contribution in [3.63, 3.8) is 0 Å². The number of ketones is 1. The Kier molecular flexibility index (Phi) is 6.37. The molecule has 0 aliphatic rings. The summed E-state index contributed by atoms with van der Waals surface area (Å²) in [7, 11) is -2.46. The van der Waals surface area contributed by atoms with Crippen molar-refractivity contribution in [1.29, 1.82) is 0 Å². The highest BCUT2D eigenvalue weighted by molar-refractivity contribution is 7.89. The Hall–Kier alpha value is -3.30. The second-order valence-corrected chi connectivity index (χ2v) is 8.69. The summed E-state index contributed by atoms with van der Waals surface area (Å²) in [6.07, 6.45) is 0. The van der Waals surface area contributed by atoms with Gasteiger partial charge in [0, 0.05) is 17.0 Å². The van der Waals surface area contributed by atoms with Gasteiger partial charge >= 0.3 is 5.97 Å². The van der Waals surface area contributed by atoms with Crippen molar-refractivity contribution >= 4 is 21.8 Å². The lowest BCUT2D eigenvalue weighted by Crippen LogP contribution is -2.19. The first-order chi connectivity index (χ1) is 14.7. The van der Waals surface area contributed by atoms with E-state index in [1.807, 2.05) is 0 Å². The van der Waals surface area contributed by atoms with Gasteiger partial charge in [-0.25, -0.2) is 22.3 Å². The number of carbonyl (C=O) groups excluding carboxylic acids is 2. The summed E-state index contributed by atoms with van der Waals surface area (Å²) >= 11 is 0. The third kappa shape index (κ3) is 4.57. The number of benzene rings is 2. The number of hydrogen-bond donors (Lipinski definition) is 1. The van der Waals surface area contributed by atoms with Gasteiger partial charge in [-0.3, -0.25) is 4.79 Å². The molecule has 1 N–H and O–H groups in total. The van der Waals surface area contributed by atoms with Gasteiger partial charge in [0.2, 0.25) is 15.8 Å². The molecule has 1 aromatic heterocycles. The fourth-order valence-corrected chi connectivity index (χ4v) is 4.02. The van der Waals surface area contributed by atoms with Crippen molar-refractivity contribution in [2.75, 3.05) is 13.7 Å². The lowest BCUT2D eigenvalue weighted by atomic mass is 10.1. The molecule has 1 heterocycles. The number of sulfonamides is 1. The third-order valence-electron chi connectivity index (χ3n) is 4.81. The Bertz CT molecular complexity index is 1260. The lowest BCUT2D eigenvalue weighted by molar-refractivity contribution is 0.0474. The standard InChI is InChI=1S/C22H21FN2O5S/c1-14-11-18(15(2)25(14)20-10-5-4-9-19(20)23)21(26)13-30-22(27)16-7-6-8-17(12-16)31(28,29)24-3/h4-12,24H,13H2,1-3H3. The van der Waals surface area contributed by atoms with Crippen LogP contribution >= 0.6 is 0 Å². The molecule has 0 saturated carbocycles. The van der Waals surface area contributed by atoms with Crippen LogP contribution in [0.1, 0.15) is 32.1 Å². The highest BCUT2D eigenvalue weighted by Gasteiger charge is 2.20. The Morgan fingerprint density at radius 2 is 1.77 bits per heavy atom. The van der Waals surface area contributed by atoms with Gasteiger partial charge in [0.1, 0.15) is 5.82 Å². The molecule has 31 heavy (non-hydrogen) atoms. The fourth-order valence-electron chi connectivity index (χ4n) is 3.25. The molecular weight excluding hydrogens is 423 g/mol. The van der Waals surface area contributed by atoms with Crippen LogP contribution in [0.5, 0.6) is 0 Å². The Labute approximate surface area is 179 Å². The van der Waals surface area contributed by atoms with Crippen LogP contribution in [0.4, 0.5) is 4.39 Å². The van der Waals surface area contributed by atoms with Crippen molar-refractivity contribution in [2.24, 2.45) is 0 Å². The summed E-state index contributed by atoms with van der Waals surface area (Å²) in [6.45, 7) is 2.89. The summed E-state index contributed by atoms with van der Waals surface area (Å²) in [5.74, 6) is -1.71. The van der Waals surface area contributed by atoms with Gasteiger partial charge in [0.15, 0.2) is 6.61 Å². The summed E-state index contributed by atoms with van der Waals surface area (Å²) in [4.78, 5) is 24.9. The molecule has 2 aromatic carbocycles. The second-order valence-electron chi connectivity index (χ2n) is 6.81. The number of aromatic nitrogens is 1. The third-order valence-corrected chi connectivity index (χ3v) is 6.22. The van der Waals surface area contributed by atoms with Crippen molar-refractivity contribution < 1.29 is 27.1 Å². The van der Waals surface area contributed by atoms with Gasteiger partial charge in [-0.2, -0.15) is 0 Å². The number of para-hydroxylation sites is 1. The molecule has 9 heteroatoms. The monoisotopic (exact) mass is 444 g/mol. The normalized spacial score (nSPS) is 11.4. The molecule has 7 nitrogen and oxygen atoms in total. The number of aryl methyl sites for hydroxylation is 1. The van der Waals surface area contributed by atoms with E-state index >= 15 is 0 Å². The lowest BCUT2D eigenvalue weighted by Gasteiger charge is -2.11. The van der Waals surface area contributed by atoms with Crippen LogP contribution in [0.25, 0.3) is 5.69 Å². The molecule has 3 aromatic rings. The number of nitrogens with one attached hydrogen (secondary N) is 1. The summed E-state index contributed by atoms with van der Waals surface area (Å²) < 4.78 is 46.9. The van der Waals surface area contributed by atoms with E-state index in [0.29, 0.717) is 22.6 Å². The van der Waals surface area contributed by atoms with Crippen LogP contribution in [-0.4, -0.2) is 38.4 Å². The molecule has 0 saturated heterocycles. The minimum atomic E-state index is -3.72. The van der Waals surface area contributed by atoms with E-state index in [4.69, 9.17) is 4.74 Å². The van der Waals surface area contributed by atoms with Gasteiger partial charge in [-0.1, -0.05) is 18.2 Å². The minimum Gasteiger partial charge on any atom is -0.454 e. The highest BCUT2D eigenvalue weighted by Crippen LogP contribution is 2.23. The maximum Gasteiger partial charge on any atom is 0.338 e. The molecule has 0 bridgehead atoms. The van der Waals surface area contributed by atoms with Crippen LogP contribution in [-0.2, 0) is 14.8 Å². The summed E-state index contributed by atoms with van der Waals surface area (Å²) in [5, 5.41) is 0. The first-order valence-electron chi connectivity index (χ1n) is 9.33. The number of esters is 1. The smallest absolute Gasteiger partial charge is 0.338 e. The Balaban J connectivity index is 1.78. The number of nitrogens with zero attached hydrogens (tertiary/aromatic N) is 1. The quantitative estimate of drug-likeness (QED) is 0.446. The molecular formula is C22H21FN2O5S. The van der Waals surface area contributed by atoms with Gasteiger partial charge in [-0.05, 0) is 57.3 Å². The number of Topliss-reactive ketones (excluding diaryl/α,β-unsaturated/α-hetero) is 1. The van der Waals surface area contributed by atoms with E-state index in [0.717, 1.165) is 0 Å². The van der Waals surface area contributed by atoms with Gasteiger partial charge in [0.05, 0.1) is 16.1 Å². The number of halogens is 1. The van der Waals surface area contributed by atoms with Gasteiger partial charge in [-0.15, -0.1) is 0 Å². The van der Waals surface area contributed by atoms with Crippen molar-refractivity contribution in [1.82, 2.24) is 9.29 Å². The van der Waals surface area contributed by atoms with Crippen molar-refractivity contribution in [2.45, 2.75) is 18.7 Å². The summed E-state index contributed by atoms with van der Waals surface area (Å²) in [5.41, 5.74) is 1.80. The number of carbonyl (C=O) groups is 2. The number of hydrogen-bond acceptors (Lipinski definition) is 5. The maximum atomic E-state index is 14.2. The maximum absolute atomic E-state index is 14.2. The molecule has 3 rings (SSSR count). The van der Waals surface area contributed by atoms with Crippen molar-refractivity contribution in [3.8, 4) is 5.69 Å². The van der Waals surface area contributed by atoms with E-state index in [1.165, 1.54) is 37.4 Å². The Morgan fingerprint density at radius 3 is 2.45 bits per heavy atom. The zero-order valence-corrected chi connectivity index (χ0v) is 18.0. The van der Waals surface area contributed by atoms with E-state index in [9.17, 15) is 22.4 Å². The summed E-state index contributed by atoms with van der Waals surface area (Å²) in [6, 6.07) is 13.1. The van der Waals surface area contributed by atoms with E-state index < -0.39 is 34.2 Å². The minimum absolute atomic E-state index is 0.000884. The van der Waals surface area contributed by atoms with E-state index in [-0.39, 0.29) is 10.5 Å². The molecule has 0 unspecified atom stereocenters. The molecule has 0 aliphatic carbocycles. The zero-order valence-electron chi connectivity index (χ0n) is 17.2. The van der Waals surface area contributed by atoms with Gasteiger partial charge < -0.3 is 9.30 Å². The zero-order chi connectivity index (χ0) is 22.8. The van der Waals surface area contributed by atoms with Crippen LogP contribution in [0.2, 0.25) is 0 Å². The largest absolute Gasteiger partial charge is 0.454 e. The fraction of sp³-hybridized carbons (Fsp3) is 0.182. The molecule has 0 radical (unpaired) electrons. The number of rotatable bonds is 7. The average Bonchev–Trinajstić information content (AvgIpc) is 3.06. The SMILES string of the molecule is CNS(=O)(=O)c1cccc(C(=O)OCC(=O)c2cc(C)n(-c3ccccc3F)c2C)c1. The van der Waals surface area contributed by atoms with Crippen LogP contribution in [0, 0.1) is 19.7 Å². The average molecular weight is 444 g/mol. The predicted octanol–water partition coefficient (Wildman–Crippen LogP) is 3.18. The van der Waals surface area contributed by atoms with E-state index in [2.05, 4.69) is 4.72 Å². The van der Waals surface area contributed by atoms with Crippen LogP contribution < -0.4 is 4.72 Å². The first-order valence-corrected chi connectivity index (χ1v) is 10.8. The second kappa shape index (κ2) is 8.83. The predicted molar refractivity (Wildman–Crippen MR) is 113 cm³/mol. The van der Waals surface area contributed by atoms with Crippen LogP contribution in [0.15, 0.2) is 59.5 Å². The first kappa shape index (κ1) is 22.4. The van der Waals surface area contributed by atoms with E-state index in [1.54, 1.807) is 42.7 Å². The van der Waals surface area contributed by atoms with Crippen molar-refractivity contribution in [3.05, 3.63) is 82.9 Å². The molecule has 0 fully saturated rings. The highest BCUT2D eigenvalue weighted by atomic mass is 32.2. The molecule has 162 valence electrons. The molecule has 0 spiro atoms. The molecule has 0 atom stereocenters.